The topological polar surface area (TPSA) is 66.8 Å². The molecule has 1 N–H and O–H groups in total. The van der Waals surface area contributed by atoms with Crippen molar-refractivity contribution < 1.29 is 19.4 Å². The standard InChI is InChI=1S/C20H35NO4/c1-19(2,3)25-18(24)20(10-4-5-11-20)12-8-17(23)21-13-6-7-16(15-21)9-14-22/h16,22H,4-15H2,1-3H3. The van der Waals surface area contributed by atoms with E-state index in [4.69, 9.17) is 9.84 Å². The maximum absolute atomic E-state index is 12.7. The van der Waals surface area contributed by atoms with E-state index in [0.717, 1.165) is 58.0 Å². The molecule has 1 unspecified atom stereocenters. The highest BCUT2D eigenvalue weighted by atomic mass is 16.6. The first-order chi connectivity index (χ1) is 11.8. The Morgan fingerprint density at radius 2 is 1.88 bits per heavy atom. The van der Waals surface area contributed by atoms with Crippen LogP contribution in [0.1, 0.15) is 78.6 Å². The summed E-state index contributed by atoms with van der Waals surface area (Å²) in [5.41, 5.74) is -0.954. The number of hydrogen-bond donors (Lipinski definition) is 1. The van der Waals surface area contributed by atoms with E-state index < -0.39 is 11.0 Å². The van der Waals surface area contributed by atoms with Crippen LogP contribution in [0.2, 0.25) is 0 Å². The van der Waals surface area contributed by atoms with Crippen molar-refractivity contribution in [1.29, 1.82) is 0 Å². The number of esters is 1. The highest BCUT2D eigenvalue weighted by Crippen LogP contribution is 2.44. The van der Waals surface area contributed by atoms with Crippen LogP contribution in [-0.2, 0) is 14.3 Å². The molecule has 25 heavy (non-hydrogen) atoms. The third-order valence-electron chi connectivity index (χ3n) is 5.62. The van der Waals surface area contributed by atoms with Crippen molar-refractivity contribution in [3.05, 3.63) is 0 Å². The Labute approximate surface area is 152 Å². The highest BCUT2D eigenvalue weighted by Gasteiger charge is 2.44. The van der Waals surface area contributed by atoms with Gasteiger partial charge in [-0.15, -0.1) is 0 Å². The minimum Gasteiger partial charge on any atom is -0.460 e. The number of carbonyl (C=O) groups excluding carboxylic acids is 2. The lowest BCUT2D eigenvalue weighted by Crippen LogP contribution is -2.41. The lowest BCUT2D eigenvalue weighted by molar-refractivity contribution is -0.168. The molecule has 2 rings (SSSR count). The molecular weight excluding hydrogens is 318 g/mol. The number of nitrogens with zero attached hydrogens (tertiary/aromatic N) is 1. The molecule has 1 amide bonds. The van der Waals surface area contributed by atoms with Crippen LogP contribution in [0.3, 0.4) is 0 Å². The largest absolute Gasteiger partial charge is 0.460 e. The van der Waals surface area contributed by atoms with E-state index in [1.807, 2.05) is 25.7 Å². The second-order valence-electron chi connectivity index (χ2n) is 8.85. The van der Waals surface area contributed by atoms with Gasteiger partial charge < -0.3 is 14.7 Å². The van der Waals surface area contributed by atoms with Crippen LogP contribution in [0.15, 0.2) is 0 Å². The molecule has 0 radical (unpaired) electrons. The van der Waals surface area contributed by atoms with E-state index in [-0.39, 0.29) is 18.5 Å². The van der Waals surface area contributed by atoms with Gasteiger partial charge in [0.1, 0.15) is 5.60 Å². The number of aliphatic hydroxyl groups excluding tert-OH is 1. The number of ether oxygens (including phenoxy) is 1. The monoisotopic (exact) mass is 353 g/mol. The Morgan fingerprint density at radius 1 is 1.20 bits per heavy atom. The summed E-state index contributed by atoms with van der Waals surface area (Å²) in [4.78, 5) is 27.3. The third-order valence-corrected chi connectivity index (χ3v) is 5.62. The Hall–Kier alpha value is -1.10. The molecule has 0 aromatic rings. The number of carbonyl (C=O) groups is 2. The summed E-state index contributed by atoms with van der Waals surface area (Å²) in [5.74, 6) is 0.438. The summed E-state index contributed by atoms with van der Waals surface area (Å²) in [6.45, 7) is 7.43. The molecule has 0 spiro atoms. The predicted octanol–water partition coefficient (Wildman–Crippen LogP) is 3.29. The van der Waals surface area contributed by atoms with Gasteiger partial charge in [0, 0.05) is 26.1 Å². The maximum atomic E-state index is 12.7. The SMILES string of the molecule is CC(C)(C)OC(=O)C1(CCC(=O)N2CCCC(CCO)C2)CCCC1. The van der Waals surface area contributed by atoms with E-state index in [2.05, 4.69) is 0 Å². The molecule has 0 aromatic heterocycles. The fourth-order valence-electron chi connectivity index (χ4n) is 4.21. The molecule has 0 bridgehead atoms. The lowest BCUT2D eigenvalue weighted by Gasteiger charge is -2.34. The van der Waals surface area contributed by atoms with Crippen LogP contribution in [-0.4, -0.2) is 47.2 Å². The van der Waals surface area contributed by atoms with Crippen molar-refractivity contribution in [2.45, 2.75) is 84.2 Å². The van der Waals surface area contributed by atoms with E-state index >= 15 is 0 Å². The van der Waals surface area contributed by atoms with Crippen LogP contribution in [0.5, 0.6) is 0 Å². The second-order valence-corrected chi connectivity index (χ2v) is 8.85. The van der Waals surface area contributed by atoms with E-state index in [1.54, 1.807) is 0 Å². The van der Waals surface area contributed by atoms with E-state index in [9.17, 15) is 9.59 Å². The Kier molecular flexibility index (Phi) is 6.89. The first-order valence-electron chi connectivity index (χ1n) is 9.88. The van der Waals surface area contributed by atoms with Crippen molar-refractivity contribution in [1.82, 2.24) is 4.90 Å². The molecule has 2 fully saturated rings. The number of piperidine rings is 1. The van der Waals surface area contributed by atoms with Crippen molar-refractivity contribution in [3.8, 4) is 0 Å². The molecule has 1 aliphatic carbocycles. The summed E-state index contributed by atoms with van der Waals surface area (Å²) in [6, 6.07) is 0. The fourth-order valence-corrected chi connectivity index (χ4v) is 4.21. The number of likely N-dealkylation sites (tertiary alicyclic amines) is 1. The van der Waals surface area contributed by atoms with E-state index in [0.29, 0.717) is 18.8 Å². The molecular formula is C20H35NO4. The average Bonchev–Trinajstić information content (AvgIpc) is 3.02. The number of rotatable bonds is 6. The molecule has 1 aliphatic heterocycles. The van der Waals surface area contributed by atoms with Crippen LogP contribution in [0, 0.1) is 11.3 Å². The van der Waals surface area contributed by atoms with Gasteiger partial charge in [0.05, 0.1) is 5.41 Å². The zero-order valence-electron chi connectivity index (χ0n) is 16.2. The first-order valence-corrected chi connectivity index (χ1v) is 9.88. The highest BCUT2D eigenvalue weighted by molar-refractivity contribution is 5.80. The second kappa shape index (κ2) is 8.52. The average molecular weight is 354 g/mol. The van der Waals surface area contributed by atoms with Crippen molar-refractivity contribution >= 4 is 11.9 Å². The van der Waals surface area contributed by atoms with Crippen molar-refractivity contribution in [2.75, 3.05) is 19.7 Å². The Bertz CT molecular complexity index is 461. The van der Waals surface area contributed by atoms with Crippen molar-refractivity contribution in [2.24, 2.45) is 11.3 Å². The van der Waals surface area contributed by atoms with Gasteiger partial charge in [-0.25, -0.2) is 0 Å². The Morgan fingerprint density at radius 3 is 2.48 bits per heavy atom. The molecule has 0 aromatic carbocycles. The van der Waals surface area contributed by atoms with Gasteiger partial charge in [0.15, 0.2) is 0 Å². The van der Waals surface area contributed by atoms with Gasteiger partial charge in [0.2, 0.25) is 5.91 Å². The summed E-state index contributed by atoms with van der Waals surface area (Å²) >= 11 is 0. The van der Waals surface area contributed by atoms with Gasteiger partial charge in [-0.05, 0) is 65.2 Å². The zero-order chi connectivity index (χ0) is 18.5. The fraction of sp³-hybridized carbons (Fsp3) is 0.900. The molecule has 5 nitrogen and oxygen atoms in total. The Balaban J connectivity index is 1.92. The summed E-state index contributed by atoms with van der Waals surface area (Å²) in [6.07, 6.45) is 7.63. The normalized spacial score (nSPS) is 23.5. The number of hydrogen-bond acceptors (Lipinski definition) is 4. The van der Waals surface area contributed by atoms with Crippen LogP contribution in [0.4, 0.5) is 0 Å². The quantitative estimate of drug-likeness (QED) is 0.744. The number of amides is 1. The third kappa shape index (κ3) is 5.70. The van der Waals surface area contributed by atoms with Gasteiger partial charge in [-0.2, -0.15) is 0 Å². The minimum atomic E-state index is -0.485. The molecule has 1 saturated heterocycles. The lowest BCUT2D eigenvalue weighted by atomic mass is 9.81. The molecule has 1 heterocycles. The summed E-state index contributed by atoms with van der Waals surface area (Å²) in [5, 5.41) is 9.12. The van der Waals surface area contributed by atoms with Gasteiger partial charge in [-0.1, -0.05) is 12.8 Å². The van der Waals surface area contributed by atoms with E-state index in [1.165, 1.54) is 0 Å². The van der Waals surface area contributed by atoms with Crippen LogP contribution < -0.4 is 0 Å². The molecule has 1 saturated carbocycles. The van der Waals surface area contributed by atoms with Crippen LogP contribution >= 0.6 is 0 Å². The van der Waals surface area contributed by atoms with Crippen molar-refractivity contribution in [3.63, 3.8) is 0 Å². The molecule has 5 heteroatoms. The molecule has 1 atom stereocenters. The predicted molar refractivity (Wildman–Crippen MR) is 97.0 cm³/mol. The zero-order valence-corrected chi connectivity index (χ0v) is 16.2. The molecule has 144 valence electrons. The minimum absolute atomic E-state index is 0.123. The van der Waals surface area contributed by atoms with Gasteiger partial charge in [-0.3, -0.25) is 9.59 Å². The number of aliphatic hydroxyl groups is 1. The van der Waals surface area contributed by atoms with Crippen LogP contribution in [0.25, 0.3) is 0 Å². The maximum Gasteiger partial charge on any atom is 0.312 e. The summed E-state index contributed by atoms with van der Waals surface area (Å²) < 4.78 is 5.66. The molecule has 2 aliphatic rings. The van der Waals surface area contributed by atoms with Gasteiger partial charge in [0.25, 0.3) is 0 Å². The summed E-state index contributed by atoms with van der Waals surface area (Å²) in [7, 11) is 0. The first kappa shape index (κ1) is 20.2. The van der Waals surface area contributed by atoms with Gasteiger partial charge >= 0.3 is 5.97 Å². The smallest absolute Gasteiger partial charge is 0.312 e.